The predicted octanol–water partition coefficient (Wildman–Crippen LogP) is 4.50. The number of nitrogens with one attached hydrogen (secondary N) is 1. The lowest BCUT2D eigenvalue weighted by Gasteiger charge is -2.11. The number of rotatable bonds is 3. The van der Waals surface area contributed by atoms with Crippen molar-refractivity contribution in [2.75, 3.05) is 5.32 Å². The molecule has 0 heterocycles. The van der Waals surface area contributed by atoms with Crippen molar-refractivity contribution in [2.45, 2.75) is 26.4 Å². The molecule has 1 amide bonds. The van der Waals surface area contributed by atoms with E-state index in [0.29, 0.717) is 11.3 Å². The van der Waals surface area contributed by atoms with E-state index in [4.69, 9.17) is 0 Å². The van der Waals surface area contributed by atoms with E-state index in [1.807, 2.05) is 32.0 Å². The topological polar surface area (TPSA) is 29.1 Å². The lowest BCUT2D eigenvalue weighted by atomic mass is 10.1. The van der Waals surface area contributed by atoms with Gasteiger partial charge in [0.1, 0.15) is 0 Å². The average molecular weight is 307 g/mol. The minimum Gasteiger partial charge on any atom is -0.326 e. The lowest BCUT2D eigenvalue weighted by Crippen LogP contribution is -2.16. The van der Waals surface area contributed by atoms with Crippen molar-refractivity contribution in [2.24, 2.45) is 0 Å². The second-order valence-electron chi connectivity index (χ2n) is 5.24. The Morgan fingerprint density at radius 2 is 1.82 bits per heavy atom. The third-order valence-corrected chi connectivity index (χ3v) is 3.29. The molecule has 116 valence electrons. The van der Waals surface area contributed by atoms with Gasteiger partial charge in [-0.15, -0.1) is 0 Å². The largest absolute Gasteiger partial charge is 0.416 e. The molecule has 0 saturated heterocycles. The zero-order valence-corrected chi connectivity index (χ0v) is 12.3. The monoisotopic (exact) mass is 307 g/mol. The second-order valence-corrected chi connectivity index (χ2v) is 5.24. The summed E-state index contributed by atoms with van der Waals surface area (Å²) in [7, 11) is 0. The first kappa shape index (κ1) is 16.1. The van der Waals surface area contributed by atoms with Gasteiger partial charge in [0.05, 0.1) is 12.0 Å². The molecule has 0 fully saturated rings. The zero-order valence-electron chi connectivity index (χ0n) is 12.3. The number of hydrogen-bond donors (Lipinski definition) is 1. The van der Waals surface area contributed by atoms with Gasteiger partial charge in [-0.3, -0.25) is 4.79 Å². The van der Waals surface area contributed by atoms with Crippen molar-refractivity contribution >= 4 is 11.6 Å². The summed E-state index contributed by atoms with van der Waals surface area (Å²) >= 11 is 0. The van der Waals surface area contributed by atoms with E-state index in [1.54, 1.807) is 0 Å². The fourth-order valence-electron chi connectivity index (χ4n) is 2.11. The molecule has 0 aliphatic carbocycles. The van der Waals surface area contributed by atoms with Crippen LogP contribution >= 0.6 is 0 Å². The number of halogens is 3. The van der Waals surface area contributed by atoms with E-state index < -0.39 is 11.7 Å². The van der Waals surface area contributed by atoms with Crippen LogP contribution in [0.4, 0.5) is 18.9 Å². The highest BCUT2D eigenvalue weighted by atomic mass is 19.4. The molecule has 5 heteroatoms. The molecule has 0 aliphatic heterocycles. The first-order chi connectivity index (χ1) is 10.3. The van der Waals surface area contributed by atoms with Crippen LogP contribution in [0.3, 0.4) is 0 Å². The Bertz CT molecular complexity index is 693. The average Bonchev–Trinajstić information content (AvgIpc) is 2.42. The van der Waals surface area contributed by atoms with Crippen molar-refractivity contribution in [3.63, 3.8) is 0 Å². The van der Waals surface area contributed by atoms with Gasteiger partial charge in [0.2, 0.25) is 5.91 Å². The summed E-state index contributed by atoms with van der Waals surface area (Å²) in [5.74, 6) is -0.340. The molecule has 1 N–H and O–H groups in total. The van der Waals surface area contributed by atoms with E-state index in [1.165, 1.54) is 12.1 Å². The van der Waals surface area contributed by atoms with E-state index in [-0.39, 0.29) is 12.3 Å². The molecule has 2 nitrogen and oxygen atoms in total. The smallest absolute Gasteiger partial charge is 0.326 e. The van der Waals surface area contributed by atoms with Crippen LogP contribution in [0.5, 0.6) is 0 Å². The molecule has 2 rings (SSSR count). The van der Waals surface area contributed by atoms with Crippen LogP contribution < -0.4 is 5.32 Å². The Hall–Kier alpha value is -2.30. The molecule has 0 aromatic heterocycles. The van der Waals surface area contributed by atoms with E-state index in [2.05, 4.69) is 5.32 Å². The van der Waals surface area contributed by atoms with Gasteiger partial charge in [-0.25, -0.2) is 0 Å². The Morgan fingerprint density at radius 1 is 1.09 bits per heavy atom. The maximum atomic E-state index is 12.6. The van der Waals surface area contributed by atoms with Crippen molar-refractivity contribution < 1.29 is 18.0 Å². The molecule has 0 aliphatic rings. The van der Waals surface area contributed by atoms with Gasteiger partial charge in [-0.05, 0) is 42.7 Å². The number of carbonyl (C=O) groups is 1. The SMILES string of the molecule is Cc1ccc(C)c(NC(=O)Cc2cccc(C(F)(F)F)c2)c1. The number of carbonyl (C=O) groups excluding carboxylic acids is 1. The highest BCUT2D eigenvalue weighted by Gasteiger charge is 2.30. The number of benzene rings is 2. The fraction of sp³-hybridized carbons (Fsp3) is 0.235. The predicted molar refractivity (Wildman–Crippen MR) is 79.7 cm³/mol. The first-order valence-electron chi connectivity index (χ1n) is 6.79. The summed E-state index contributed by atoms with van der Waals surface area (Å²) < 4.78 is 37.9. The van der Waals surface area contributed by atoms with Crippen LogP contribution in [0.1, 0.15) is 22.3 Å². The Kier molecular flexibility index (Phi) is 4.54. The molecule has 22 heavy (non-hydrogen) atoms. The van der Waals surface area contributed by atoms with Gasteiger partial charge in [0, 0.05) is 5.69 Å². The Labute approximate surface area is 127 Å². The van der Waals surface area contributed by atoms with E-state index in [0.717, 1.165) is 23.3 Å². The number of hydrogen-bond acceptors (Lipinski definition) is 1. The van der Waals surface area contributed by atoms with Gasteiger partial charge in [0.25, 0.3) is 0 Å². The fourth-order valence-corrected chi connectivity index (χ4v) is 2.11. The van der Waals surface area contributed by atoms with Crippen LogP contribution in [0, 0.1) is 13.8 Å². The molecule has 0 bridgehead atoms. The summed E-state index contributed by atoms with van der Waals surface area (Å²) in [6, 6.07) is 10.5. The third kappa shape index (κ3) is 4.10. The zero-order chi connectivity index (χ0) is 16.3. The third-order valence-electron chi connectivity index (χ3n) is 3.29. The standard InChI is InChI=1S/C17H16F3NO/c1-11-6-7-12(2)15(8-11)21-16(22)10-13-4-3-5-14(9-13)17(18,19)20/h3-9H,10H2,1-2H3,(H,21,22). The molecule has 0 saturated carbocycles. The number of aryl methyl sites for hydroxylation is 2. The van der Waals surface area contributed by atoms with Crippen LogP contribution in [-0.2, 0) is 17.4 Å². The summed E-state index contributed by atoms with van der Waals surface area (Å²) in [5, 5.41) is 2.74. The summed E-state index contributed by atoms with van der Waals surface area (Å²) in [6.07, 6.45) is -4.50. The molecular weight excluding hydrogens is 291 g/mol. The van der Waals surface area contributed by atoms with Gasteiger partial charge >= 0.3 is 6.18 Å². The molecule has 0 radical (unpaired) electrons. The number of amides is 1. The Morgan fingerprint density at radius 3 is 2.50 bits per heavy atom. The van der Waals surface area contributed by atoms with Crippen molar-refractivity contribution in [3.8, 4) is 0 Å². The van der Waals surface area contributed by atoms with Crippen LogP contribution in [-0.4, -0.2) is 5.91 Å². The minimum atomic E-state index is -4.40. The molecular formula is C17H16F3NO. The van der Waals surface area contributed by atoms with E-state index >= 15 is 0 Å². The number of anilines is 1. The van der Waals surface area contributed by atoms with Crippen molar-refractivity contribution in [3.05, 3.63) is 64.7 Å². The quantitative estimate of drug-likeness (QED) is 0.888. The van der Waals surface area contributed by atoms with Crippen LogP contribution in [0.25, 0.3) is 0 Å². The normalized spacial score (nSPS) is 11.3. The highest BCUT2D eigenvalue weighted by molar-refractivity contribution is 5.93. The number of alkyl halides is 3. The molecule has 2 aromatic carbocycles. The highest BCUT2D eigenvalue weighted by Crippen LogP contribution is 2.29. The molecule has 0 atom stereocenters. The van der Waals surface area contributed by atoms with Crippen LogP contribution in [0.2, 0.25) is 0 Å². The van der Waals surface area contributed by atoms with E-state index in [9.17, 15) is 18.0 Å². The summed E-state index contributed by atoms with van der Waals surface area (Å²) in [5.41, 5.74) is 2.17. The maximum Gasteiger partial charge on any atom is 0.416 e. The van der Waals surface area contributed by atoms with Gasteiger partial charge in [-0.1, -0.05) is 30.3 Å². The minimum absolute atomic E-state index is 0.0999. The van der Waals surface area contributed by atoms with Crippen molar-refractivity contribution in [1.82, 2.24) is 0 Å². The van der Waals surface area contributed by atoms with Gasteiger partial charge in [-0.2, -0.15) is 13.2 Å². The first-order valence-corrected chi connectivity index (χ1v) is 6.79. The summed E-state index contributed by atoms with van der Waals surface area (Å²) in [6.45, 7) is 3.77. The summed E-state index contributed by atoms with van der Waals surface area (Å²) in [4.78, 5) is 12.0. The Balaban J connectivity index is 2.11. The van der Waals surface area contributed by atoms with Crippen molar-refractivity contribution in [1.29, 1.82) is 0 Å². The maximum absolute atomic E-state index is 12.6. The van der Waals surface area contributed by atoms with Gasteiger partial charge < -0.3 is 5.32 Å². The molecule has 2 aromatic rings. The molecule has 0 unspecified atom stereocenters. The lowest BCUT2D eigenvalue weighted by molar-refractivity contribution is -0.137. The van der Waals surface area contributed by atoms with Crippen LogP contribution in [0.15, 0.2) is 42.5 Å². The molecule has 0 spiro atoms. The van der Waals surface area contributed by atoms with Gasteiger partial charge in [0.15, 0.2) is 0 Å². The second kappa shape index (κ2) is 6.22.